The second-order valence-electron chi connectivity index (χ2n) is 6.94. The summed E-state index contributed by atoms with van der Waals surface area (Å²) in [4.78, 5) is 16.8. The highest BCUT2D eigenvalue weighted by Gasteiger charge is 2.33. The number of carbonyl (C=O) groups is 1. The average Bonchev–Trinajstić information content (AvgIpc) is 3.40. The summed E-state index contributed by atoms with van der Waals surface area (Å²) in [6.07, 6.45) is 2.74. The van der Waals surface area contributed by atoms with Crippen LogP contribution in [-0.4, -0.2) is 48.8 Å². The molecular formula is C19H26N4O2. The van der Waals surface area contributed by atoms with E-state index in [1.54, 1.807) is 4.90 Å². The van der Waals surface area contributed by atoms with Crippen LogP contribution in [0.4, 0.5) is 16.2 Å². The number of urea groups is 1. The molecule has 2 atom stereocenters. The number of hydrogen-bond acceptors (Lipinski definition) is 4. The zero-order valence-corrected chi connectivity index (χ0v) is 14.9. The number of benzene rings is 1. The molecule has 2 aliphatic rings. The van der Waals surface area contributed by atoms with Gasteiger partial charge in [0.15, 0.2) is 0 Å². The Hall–Kier alpha value is -2.26. The molecular weight excluding hydrogens is 316 g/mol. The lowest BCUT2D eigenvalue weighted by Crippen LogP contribution is -2.46. The first-order valence-electron chi connectivity index (χ1n) is 9.02. The molecule has 3 rings (SSSR count). The first-order chi connectivity index (χ1) is 12.1. The van der Waals surface area contributed by atoms with Gasteiger partial charge in [-0.3, -0.25) is 0 Å². The molecule has 0 aromatic heterocycles. The molecule has 1 aliphatic heterocycles. The van der Waals surface area contributed by atoms with Crippen LogP contribution in [0.2, 0.25) is 0 Å². The quantitative estimate of drug-likeness (QED) is 0.892. The third-order valence-corrected chi connectivity index (χ3v) is 4.62. The van der Waals surface area contributed by atoms with Crippen molar-refractivity contribution in [1.29, 1.82) is 5.26 Å². The summed E-state index contributed by atoms with van der Waals surface area (Å²) in [6, 6.07) is 10.2. The molecule has 0 radical (unpaired) electrons. The van der Waals surface area contributed by atoms with Crippen LogP contribution in [0.1, 0.15) is 33.1 Å². The number of amides is 2. The second-order valence-corrected chi connectivity index (χ2v) is 6.94. The maximum atomic E-state index is 12.7. The Labute approximate surface area is 149 Å². The van der Waals surface area contributed by atoms with Gasteiger partial charge in [0.1, 0.15) is 0 Å². The molecule has 1 saturated carbocycles. The Bertz CT molecular complexity index is 643. The molecule has 1 aromatic rings. The predicted molar refractivity (Wildman–Crippen MR) is 97.6 cm³/mol. The molecule has 0 unspecified atom stereocenters. The highest BCUT2D eigenvalue weighted by Crippen LogP contribution is 2.31. The van der Waals surface area contributed by atoms with Gasteiger partial charge in [0.25, 0.3) is 0 Å². The Kier molecular flexibility index (Phi) is 5.44. The largest absolute Gasteiger partial charge is 0.372 e. The van der Waals surface area contributed by atoms with Crippen molar-refractivity contribution in [3.8, 4) is 6.07 Å². The third-order valence-electron chi connectivity index (χ3n) is 4.62. The van der Waals surface area contributed by atoms with Crippen molar-refractivity contribution in [3.63, 3.8) is 0 Å². The van der Waals surface area contributed by atoms with Gasteiger partial charge in [0.05, 0.1) is 36.1 Å². The molecule has 1 heterocycles. The summed E-state index contributed by atoms with van der Waals surface area (Å²) in [6.45, 7) is 6.23. The highest BCUT2D eigenvalue weighted by molar-refractivity contribution is 5.93. The Morgan fingerprint density at radius 2 is 2.00 bits per heavy atom. The number of rotatable bonds is 5. The van der Waals surface area contributed by atoms with Gasteiger partial charge in [-0.05, 0) is 38.8 Å². The lowest BCUT2D eigenvalue weighted by molar-refractivity contribution is -0.00517. The Morgan fingerprint density at radius 3 is 2.64 bits per heavy atom. The summed E-state index contributed by atoms with van der Waals surface area (Å²) in [5.74, 6) is 0. The normalized spacial score (nSPS) is 23.0. The topological polar surface area (TPSA) is 68.6 Å². The molecule has 6 nitrogen and oxygen atoms in total. The molecule has 2 fully saturated rings. The first-order valence-corrected chi connectivity index (χ1v) is 9.02. The van der Waals surface area contributed by atoms with E-state index in [2.05, 4.69) is 30.1 Å². The van der Waals surface area contributed by atoms with Gasteiger partial charge in [0.2, 0.25) is 0 Å². The van der Waals surface area contributed by atoms with Crippen molar-refractivity contribution < 1.29 is 9.53 Å². The summed E-state index contributed by atoms with van der Waals surface area (Å²) in [5.41, 5.74) is 1.84. The van der Waals surface area contributed by atoms with Gasteiger partial charge in [-0.1, -0.05) is 12.1 Å². The zero-order chi connectivity index (χ0) is 17.8. The van der Waals surface area contributed by atoms with Crippen LogP contribution in [0, 0.1) is 11.3 Å². The monoisotopic (exact) mass is 342 g/mol. The van der Waals surface area contributed by atoms with Crippen LogP contribution in [0.5, 0.6) is 0 Å². The van der Waals surface area contributed by atoms with Gasteiger partial charge in [-0.15, -0.1) is 0 Å². The van der Waals surface area contributed by atoms with Crippen LogP contribution >= 0.6 is 0 Å². The number of hydrogen-bond donors (Lipinski definition) is 1. The molecule has 6 heteroatoms. The number of nitrogens with zero attached hydrogens (tertiary/aromatic N) is 3. The number of nitrogens with one attached hydrogen (secondary N) is 1. The van der Waals surface area contributed by atoms with Crippen molar-refractivity contribution in [2.75, 3.05) is 29.9 Å². The van der Waals surface area contributed by atoms with Gasteiger partial charge < -0.3 is 19.9 Å². The average molecular weight is 342 g/mol. The highest BCUT2D eigenvalue weighted by atomic mass is 16.5. The maximum absolute atomic E-state index is 12.7. The number of anilines is 2. The fourth-order valence-electron chi connectivity index (χ4n) is 3.42. The van der Waals surface area contributed by atoms with Crippen LogP contribution in [0.25, 0.3) is 0 Å². The molecule has 0 spiro atoms. The number of morpholine rings is 1. The van der Waals surface area contributed by atoms with E-state index in [0.29, 0.717) is 13.0 Å². The summed E-state index contributed by atoms with van der Waals surface area (Å²) in [7, 11) is 0. The lowest BCUT2D eigenvalue weighted by atomic mass is 10.1. The smallest absolute Gasteiger partial charge is 0.322 e. The van der Waals surface area contributed by atoms with Crippen LogP contribution in [0.15, 0.2) is 24.3 Å². The van der Waals surface area contributed by atoms with E-state index in [-0.39, 0.29) is 24.3 Å². The van der Waals surface area contributed by atoms with Crippen LogP contribution < -0.4 is 10.2 Å². The number of nitriles is 1. The Balaban J connectivity index is 1.74. The SMILES string of the molecule is C[C@@H]1CN(c2ccccc2NC(=O)N(CCC#N)C2CC2)C[C@H](C)O1. The van der Waals surface area contributed by atoms with Gasteiger partial charge in [-0.2, -0.15) is 5.26 Å². The fourth-order valence-corrected chi connectivity index (χ4v) is 3.42. The molecule has 1 N–H and O–H groups in total. The summed E-state index contributed by atoms with van der Waals surface area (Å²) >= 11 is 0. The van der Waals surface area contributed by atoms with E-state index in [9.17, 15) is 4.79 Å². The van der Waals surface area contributed by atoms with E-state index < -0.39 is 0 Å². The van der Waals surface area contributed by atoms with E-state index in [1.165, 1.54) is 0 Å². The fraction of sp³-hybridized carbons (Fsp3) is 0.579. The van der Waals surface area contributed by atoms with E-state index in [4.69, 9.17) is 10.00 Å². The first kappa shape index (κ1) is 17.6. The Morgan fingerprint density at radius 1 is 1.32 bits per heavy atom. The lowest BCUT2D eigenvalue weighted by Gasteiger charge is -2.37. The zero-order valence-electron chi connectivity index (χ0n) is 14.9. The van der Waals surface area contributed by atoms with Crippen molar-refractivity contribution in [2.45, 2.75) is 51.4 Å². The standard InChI is InChI=1S/C19H26N4O2/c1-14-12-22(13-15(2)25-14)18-7-4-3-6-17(18)21-19(24)23(11-5-10-20)16-8-9-16/h3-4,6-7,14-16H,5,8-9,11-13H2,1-2H3,(H,21,24)/t14-,15+. The number of para-hydroxylation sites is 2. The van der Waals surface area contributed by atoms with Gasteiger partial charge in [0, 0.05) is 25.7 Å². The van der Waals surface area contributed by atoms with E-state index >= 15 is 0 Å². The number of ether oxygens (including phenoxy) is 1. The van der Waals surface area contributed by atoms with Crippen molar-refractivity contribution in [3.05, 3.63) is 24.3 Å². The minimum atomic E-state index is -0.112. The van der Waals surface area contributed by atoms with E-state index in [0.717, 1.165) is 37.3 Å². The molecule has 25 heavy (non-hydrogen) atoms. The maximum Gasteiger partial charge on any atom is 0.322 e. The molecule has 1 aromatic carbocycles. The second kappa shape index (κ2) is 7.75. The third kappa shape index (κ3) is 4.43. The van der Waals surface area contributed by atoms with E-state index in [1.807, 2.05) is 24.3 Å². The predicted octanol–water partition coefficient (Wildman–Crippen LogP) is 3.21. The van der Waals surface area contributed by atoms with Crippen molar-refractivity contribution in [1.82, 2.24) is 4.90 Å². The van der Waals surface area contributed by atoms with Crippen molar-refractivity contribution in [2.24, 2.45) is 0 Å². The molecule has 1 aliphatic carbocycles. The minimum Gasteiger partial charge on any atom is -0.372 e. The molecule has 2 amide bonds. The summed E-state index contributed by atoms with van der Waals surface area (Å²) < 4.78 is 5.81. The van der Waals surface area contributed by atoms with Gasteiger partial charge in [-0.25, -0.2) is 4.79 Å². The van der Waals surface area contributed by atoms with Crippen molar-refractivity contribution >= 4 is 17.4 Å². The minimum absolute atomic E-state index is 0.112. The van der Waals surface area contributed by atoms with Gasteiger partial charge >= 0.3 is 6.03 Å². The van der Waals surface area contributed by atoms with Crippen LogP contribution in [0.3, 0.4) is 0 Å². The molecule has 134 valence electrons. The molecule has 1 saturated heterocycles. The summed E-state index contributed by atoms with van der Waals surface area (Å²) in [5, 5.41) is 11.9. The number of carbonyl (C=O) groups excluding carboxylic acids is 1. The molecule has 0 bridgehead atoms. The van der Waals surface area contributed by atoms with Crippen LogP contribution in [-0.2, 0) is 4.74 Å².